The van der Waals surface area contributed by atoms with Crippen molar-refractivity contribution in [2.24, 2.45) is 0 Å². The Labute approximate surface area is 194 Å². The van der Waals surface area contributed by atoms with Gasteiger partial charge in [-0.25, -0.2) is 9.59 Å². The molecule has 4 aromatic rings. The van der Waals surface area contributed by atoms with Gasteiger partial charge >= 0.3 is 11.9 Å². The zero-order valence-corrected chi connectivity index (χ0v) is 18.6. The maximum atomic E-state index is 11.7. The third-order valence-corrected chi connectivity index (χ3v) is 5.00. The number of ether oxygens (including phenoxy) is 1. The van der Waals surface area contributed by atoms with E-state index in [0.717, 1.165) is 16.7 Å². The van der Waals surface area contributed by atoms with Crippen LogP contribution < -0.4 is 0 Å². The van der Waals surface area contributed by atoms with Gasteiger partial charge in [0.05, 0.1) is 6.61 Å². The molecule has 2 aromatic heterocycles. The van der Waals surface area contributed by atoms with Crippen LogP contribution in [-0.4, -0.2) is 33.6 Å². The van der Waals surface area contributed by atoms with Crippen LogP contribution in [0, 0.1) is 0 Å². The number of benzene rings is 2. The van der Waals surface area contributed by atoms with Crippen molar-refractivity contribution in [3.8, 4) is 22.3 Å². The number of halogens is 2. The zero-order chi connectivity index (χ0) is 23.1. The number of carboxylic acid groups (broad SMARTS) is 1. The molecule has 8 heteroatoms. The van der Waals surface area contributed by atoms with Crippen LogP contribution in [0.4, 0.5) is 0 Å². The summed E-state index contributed by atoms with van der Waals surface area (Å²) in [5.41, 5.74) is 3.91. The Morgan fingerprint density at radius 2 is 1.22 bits per heavy atom. The molecule has 0 saturated carbocycles. The summed E-state index contributed by atoms with van der Waals surface area (Å²) in [6.07, 6.45) is 3.32. The number of H-pyrrole nitrogens is 2. The van der Waals surface area contributed by atoms with Crippen LogP contribution in [0.1, 0.15) is 27.9 Å². The molecule has 0 spiro atoms. The molecule has 0 aliphatic carbocycles. The maximum Gasteiger partial charge on any atom is 0.355 e. The number of carboxylic acids is 1. The number of hydrogen-bond acceptors (Lipinski definition) is 3. The molecule has 0 atom stereocenters. The molecular weight excluding hydrogens is 451 g/mol. The van der Waals surface area contributed by atoms with Gasteiger partial charge in [-0.3, -0.25) is 0 Å². The highest BCUT2D eigenvalue weighted by Gasteiger charge is 2.15. The minimum absolute atomic E-state index is 0.192. The molecule has 0 amide bonds. The van der Waals surface area contributed by atoms with Gasteiger partial charge in [-0.2, -0.15) is 0 Å². The van der Waals surface area contributed by atoms with Crippen molar-refractivity contribution in [2.75, 3.05) is 6.61 Å². The Morgan fingerprint density at radius 3 is 1.66 bits per heavy atom. The van der Waals surface area contributed by atoms with E-state index < -0.39 is 5.97 Å². The highest BCUT2D eigenvalue weighted by atomic mass is 35.5. The van der Waals surface area contributed by atoms with Crippen LogP contribution in [0.5, 0.6) is 0 Å². The monoisotopic (exact) mass is 470 g/mol. The first-order valence-corrected chi connectivity index (χ1v) is 10.4. The Hall–Kier alpha value is -3.48. The van der Waals surface area contributed by atoms with Crippen LogP contribution in [-0.2, 0) is 4.74 Å². The van der Waals surface area contributed by atoms with Crippen LogP contribution in [0.25, 0.3) is 22.3 Å². The van der Waals surface area contributed by atoms with Gasteiger partial charge in [-0.15, -0.1) is 0 Å². The average Bonchev–Trinajstić information content (AvgIpc) is 3.46. The second-order valence-electron chi connectivity index (χ2n) is 6.57. The fraction of sp³-hybridized carbons (Fsp3) is 0.0833. The Kier molecular flexibility index (Phi) is 7.76. The molecule has 0 aliphatic rings. The topological polar surface area (TPSA) is 95.2 Å². The minimum Gasteiger partial charge on any atom is -0.477 e. The summed E-state index contributed by atoms with van der Waals surface area (Å²) in [6, 6.07) is 17.9. The van der Waals surface area contributed by atoms with E-state index in [4.69, 9.17) is 33.0 Å². The second kappa shape index (κ2) is 10.7. The smallest absolute Gasteiger partial charge is 0.355 e. The van der Waals surface area contributed by atoms with Crippen LogP contribution >= 0.6 is 23.2 Å². The lowest BCUT2D eigenvalue weighted by Crippen LogP contribution is -2.06. The number of esters is 1. The van der Waals surface area contributed by atoms with Crippen molar-refractivity contribution in [1.29, 1.82) is 0 Å². The lowest BCUT2D eigenvalue weighted by atomic mass is 10.1. The molecule has 0 aliphatic heterocycles. The van der Waals surface area contributed by atoms with E-state index >= 15 is 0 Å². The number of hydrogen-bond donors (Lipinski definition) is 3. The fourth-order valence-corrected chi connectivity index (χ4v) is 3.28. The molecule has 0 saturated heterocycles. The first-order valence-electron chi connectivity index (χ1n) is 9.67. The normalized spacial score (nSPS) is 10.2. The molecule has 0 radical (unpaired) electrons. The summed E-state index contributed by atoms with van der Waals surface area (Å²) in [6.45, 7) is 2.14. The van der Waals surface area contributed by atoms with Gasteiger partial charge in [0.15, 0.2) is 0 Å². The van der Waals surface area contributed by atoms with Crippen molar-refractivity contribution in [3.05, 3.63) is 94.5 Å². The molecule has 3 N–H and O–H groups in total. The van der Waals surface area contributed by atoms with E-state index in [0.29, 0.717) is 27.9 Å². The third-order valence-electron chi connectivity index (χ3n) is 4.50. The van der Waals surface area contributed by atoms with Crippen molar-refractivity contribution in [3.63, 3.8) is 0 Å². The third kappa shape index (κ3) is 5.60. The van der Waals surface area contributed by atoms with Gasteiger partial charge in [0.25, 0.3) is 0 Å². The number of carbonyl (C=O) groups excluding carboxylic acids is 1. The molecule has 2 heterocycles. The Morgan fingerprint density at radius 1 is 0.781 bits per heavy atom. The summed E-state index contributed by atoms with van der Waals surface area (Å²) < 4.78 is 4.98. The highest BCUT2D eigenvalue weighted by Crippen LogP contribution is 2.26. The molecule has 32 heavy (non-hydrogen) atoms. The molecule has 164 valence electrons. The summed E-state index contributed by atoms with van der Waals surface area (Å²) in [5, 5.41) is 10.2. The number of aromatic amines is 2. The predicted octanol–water partition coefficient (Wildman–Crippen LogP) is 6.55. The Bertz CT molecular complexity index is 1200. The van der Waals surface area contributed by atoms with E-state index in [1.54, 1.807) is 61.8 Å². The SMILES string of the molecule is CCOC(=O)c1[nH]ccc1-c1ccc(Cl)cc1.O=C(O)c1[nH]ccc1-c1ccc(Cl)cc1. The summed E-state index contributed by atoms with van der Waals surface area (Å²) >= 11 is 11.6. The van der Waals surface area contributed by atoms with Crippen LogP contribution in [0.2, 0.25) is 10.0 Å². The summed E-state index contributed by atoms with van der Waals surface area (Å²) in [7, 11) is 0. The maximum absolute atomic E-state index is 11.7. The number of carbonyl (C=O) groups is 2. The minimum atomic E-state index is -0.968. The van der Waals surface area contributed by atoms with E-state index in [2.05, 4.69) is 9.97 Å². The second-order valence-corrected chi connectivity index (χ2v) is 7.44. The van der Waals surface area contributed by atoms with Crippen molar-refractivity contribution in [2.45, 2.75) is 6.92 Å². The zero-order valence-electron chi connectivity index (χ0n) is 17.1. The van der Waals surface area contributed by atoms with Crippen LogP contribution in [0.3, 0.4) is 0 Å². The lowest BCUT2D eigenvalue weighted by Gasteiger charge is -2.04. The van der Waals surface area contributed by atoms with Crippen molar-refractivity contribution >= 4 is 35.1 Å². The lowest BCUT2D eigenvalue weighted by molar-refractivity contribution is 0.0520. The number of nitrogens with one attached hydrogen (secondary N) is 2. The summed E-state index contributed by atoms with van der Waals surface area (Å²) in [5.74, 6) is -1.31. The number of aromatic nitrogens is 2. The molecule has 6 nitrogen and oxygen atoms in total. The molecular formula is C24H20Cl2N2O4. The fourth-order valence-electron chi connectivity index (χ4n) is 3.03. The standard InChI is InChI=1S/C13H12ClNO2.C11H8ClNO2/c1-2-17-13(16)12-11(7-8-15-12)9-3-5-10(14)6-4-9;12-8-3-1-7(2-4-8)9-5-6-13-10(9)11(14)15/h3-8,15H,2H2,1H3;1-6,13H,(H,14,15). The molecule has 4 rings (SSSR count). The van der Waals surface area contributed by atoms with E-state index in [-0.39, 0.29) is 11.7 Å². The molecule has 0 unspecified atom stereocenters. The van der Waals surface area contributed by atoms with Gasteiger partial charge in [0, 0.05) is 33.6 Å². The summed E-state index contributed by atoms with van der Waals surface area (Å²) in [4.78, 5) is 28.1. The number of rotatable bonds is 5. The van der Waals surface area contributed by atoms with Crippen molar-refractivity contribution < 1.29 is 19.4 Å². The van der Waals surface area contributed by atoms with Gasteiger partial charge in [0.1, 0.15) is 11.4 Å². The van der Waals surface area contributed by atoms with E-state index in [1.165, 1.54) is 0 Å². The molecule has 0 bridgehead atoms. The average molecular weight is 471 g/mol. The van der Waals surface area contributed by atoms with Crippen molar-refractivity contribution in [1.82, 2.24) is 9.97 Å². The quantitative estimate of drug-likeness (QED) is 0.288. The molecule has 2 aromatic carbocycles. The van der Waals surface area contributed by atoms with Gasteiger partial charge in [0.2, 0.25) is 0 Å². The van der Waals surface area contributed by atoms with E-state index in [1.807, 2.05) is 18.2 Å². The first kappa shape index (κ1) is 23.2. The van der Waals surface area contributed by atoms with Crippen LogP contribution in [0.15, 0.2) is 73.1 Å². The largest absolute Gasteiger partial charge is 0.477 e. The Balaban J connectivity index is 0.000000182. The highest BCUT2D eigenvalue weighted by molar-refractivity contribution is 6.31. The van der Waals surface area contributed by atoms with E-state index in [9.17, 15) is 9.59 Å². The van der Waals surface area contributed by atoms with Gasteiger partial charge < -0.3 is 19.8 Å². The van der Waals surface area contributed by atoms with Gasteiger partial charge in [-0.1, -0.05) is 47.5 Å². The predicted molar refractivity (Wildman–Crippen MR) is 125 cm³/mol. The first-order chi connectivity index (χ1) is 15.4. The molecule has 0 fully saturated rings. The van der Waals surface area contributed by atoms with Gasteiger partial charge in [-0.05, 0) is 54.4 Å². The number of aromatic carboxylic acids is 1.